The van der Waals surface area contributed by atoms with Gasteiger partial charge in [-0.25, -0.2) is 0 Å². The summed E-state index contributed by atoms with van der Waals surface area (Å²) in [5.41, 5.74) is 0. The highest BCUT2D eigenvalue weighted by atomic mass is 16.3. The van der Waals surface area contributed by atoms with E-state index in [2.05, 4.69) is 11.0 Å². The average Bonchev–Trinajstić information content (AvgIpc) is 2.18. The van der Waals surface area contributed by atoms with Crippen molar-refractivity contribution in [3.63, 3.8) is 0 Å². The lowest BCUT2D eigenvalue weighted by atomic mass is 9.83. The molecule has 1 heterocycles. The monoisotopic (exact) mass is 194 g/mol. The Labute approximate surface area is 85.3 Å². The molecule has 1 N–H and O–H groups in total. The summed E-state index contributed by atoms with van der Waals surface area (Å²) in [5.74, 6) is 0.557. The standard InChI is InChI=1S/C11H18N2O/c12-6-11(13-7-10(14)8-13)9-4-2-1-3-5-9/h9-11,14H,1-5,7-8H2. The minimum absolute atomic E-state index is 0.0682. The van der Waals surface area contributed by atoms with Gasteiger partial charge in [-0.3, -0.25) is 4.90 Å². The highest BCUT2D eigenvalue weighted by Gasteiger charge is 2.35. The van der Waals surface area contributed by atoms with Gasteiger partial charge in [-0.2, -0.15) is 5.26 Å². The fourth-order valence-corrected chi connectivity index (χ4v) is 2.65. The van der Waals surface area contributed by atoms with Crippen LogP contribution in [0.2, 0.25) is 0 Å². The lowest BCUT2D eigenvalue weighted by Crippen LogP contribution is -2.57. The average molecular weight is 194 g/mol. The quantitative estimate of drug-likeness (QED) is 0.717. The number of nitrogens with zero attached hydrogens (tertiary/aromatic N) is 2. The first-order valence-corrected chi connectivity index (χ1v) is 5.63. The van der Waals surface area contributed by atoms with Gasteiger partial charge in [-0.05, 0) is 18.8 Å². The van der Waals surface area contributed by atoms with Crippen LogP contribution in [0.1, 0.15) is 32.1 Å². The molecule has 0 aromatic carbocycles. The summed E-state index contributed by atoms with van der Waals surface area (Å²) in [4.78, 5) is 2.13. The van der Waals surface area contributed by atoms with Gasteiger partial charge in [-0.15, -0.1) is 0 Å². The van der Waals surface area contributed by atoms with E-state index in [0.29, 0.717) is 19.0 Å². The molecule has 0 aromatic heterocycles. The minimum atomic E-state index is -0.186. The van der Waals surface area contributed by atoms with Gasteiger partial charge in [0.1, 0.15) is 6.04 Å². The summed E-state index contributed by atoms with van der Waals surface area (Å²) in [7, 11) is 0. The Morgan fingerprint density at radius 3 is 2.36 bits per heavy atom. The molecule has 0 aromatic rings. The van der Waals surface area contributed by atoms with Crippen LogP contribution in [0.4, 0.5) is 0 Å². The highest BCUT2D eigenvalue weighted by Crippen LogP contribution is 2.30. The first kappa shape index (κ1) is 9.95. The second-order valence-corrected chi connectivity index (χ2v) is 4.58. The number of β-amino-alcohol motifs (C(OH)–C–C–N with tert-alkyl or cyclic N) is 1. The van der Waals surface area contributed by atoms with Gasteiger partial charge >= 0.3 is 0 Å². The van der Waals surface area contributed by atoms with Crippen LogP contribution in [-0.2, 0) is 0 Å². The van der Waals surface area contributed by atoms with E-state index in [1.165, 1.54) is 32.1 Å². The maximum absolute atomic E-state index is 9.21. The Kier molecular flexibility index (Phi) is 3.05. The molecule has 78 valence electrons. The predicted molar refractivity (Wildman–Crippen MR) is 53.6 cm³/mol. The van der Waals surface area contributed by atoms with Crippen LogP contribution in [0.3, 0.4) is 0 Å². The molecule has 0 bridgehead atoms. The molecular formula is C11H18N2O. The zero-order valence-electron chi connectivity index (χ0n) is 8.52. The van der Waals surface area contributed by atoms with E-state index in [1.807, 2.05) is 0 Å². The summed E-state index contributed by atoms with van der Waals surface area (Å²) in [6.07, 6.45) is 6.10. The van der Waals surface area contributed by atoms with Gasteiger partial charge < -0.3 is 5.11 Å². The fraction of sp³-hybridized carbons (Fsp3) is 0.909. The third-order valence-corrected chi connectivity index (χ3v) is 3.51. The van der Waals surface area contributed by atoms with Crippen LogP contribution >= 0.6 is 0 Å². The summed E-state index contributed by atoms with van der Waals surface area (Å²) in [6, 6.07) is 2.48. The number of aliphatic hydroxyl groups is 1. The first-order chi connectivity index (χ1) is 6.81. The predicted octanol–water partition coefficient (Wildman–Crippen LogP) is 1.14. The van der Waals surface area contributed by atoms with E-state index in [1.54, 1.807) is 0 Å². The van der Waals surface area contributed by atoms with E-state index < -0.39 is 0 Å². The van der Waals surface area contributed by atoms with Gasteiger partial charge in [-0.1, -0.05) is 19.3 Å². The molecule has 0 spiro atoms. The number of hydrogen-bond donors (Lipinski definition) is 1. The van der Waals surface area contributed by atoms with Gasteiger partial charge in [0, 0.05) is 13.1 Å². The van der Waals surface area contributed by atoms with Crippen LogP contribution in [0, 0.1) is 17.2 Å². The van der Waals surface area contributed by atoms with Crippen molar-refractivity contribution >= 4 is 0 Å². The van der Waals surface area contributed by atoms with Crippen LogP contribution in [0.5, 0.6) is 0 Å². The van der Waals surface area contributed by atoms with Crippen molar-refractivity contribution in [1.29, 1.82) is 5.26 Å². The number of hydrogen-bond acceptors (Lipinski definition) is 3. The summed E-state index contributed by atoms with van der Waals surface area (Å²) in [5, 5.41) is 18.3. The summed E-state index contributed by atoms with van der Waals surface area (Å²) in [6.45, 7) is 1.41. The topological polar surface area (TPSA) is 47.3 Å². The maximum Gasteiger partial charge on any atom is 0.101 e. The van der Waals surface area contributed by atoms with Gasteiger partial charge in [0.25, 0.3) is 0 Å². The molecule has 14 heavy (non-hydrogen) atoms. The van der Waals surface area contributed by atoms with Crippen molar-refractivity contribution in [3.05, 3.63) is 0 Å². The molecule has 3 nitrogen and oxygen atoms in total. The van der Waals surface area contributed by atoms with E-state index in [-0.39, 0.29) is 12.1 Å². The lowest BCUT2D eigenvalue weighted by molar-refractivity contribution is -0.0283. The van der Waals surface area contributed by atoms with E-state index in [4.69, 9.17) is 5.26 Å². The number of rotatable bonds is 2. The molecule has 0 radical (unpaired) electrons. The normalized spacial score (nSPS) is 28.0. The molecule has 2 aliphatic rings. The first-order valence-electron chi connectivity index (χ1n) is 5.63. The molecule has 2 fully saturated rings. The van der Waals surface area contributed by atoms with Crippen LogP contribution in [0.15, 0.2) is 0 Å². The molecule has 1 aliphatic carbocycles. The Morgan fingerprint density at radius 2 is 1.86 bits per heavy atom. The number of aliphatic hydroxyl groups excluding tert-OH is 1. The zero-order chi connectivity index (χ0) is 9.97. The van der Waals surface area contributed by atoms with Crippen LogP contribution in [0.25, 0.3) is 0 Å². The van der Waals surface area contributed by atoms with E-state index in [9.17, 15) is 5.11 Å². The molecule has 1 unspecified atom stereocenters. The Hall–Kier alpha value is -0.590. The highest BCUT2D eigenvalue weighted by molar-refractivity contribution is 5.01. The van der Waals surface area contributed by atoms with Gasteiger partial charge in [0.2, 0.25) is 0 Å². The summed E-state index contributed by atoms with van der Waals surface area (Å²) >= 11 is 0. The molecule has 1 atom stereocenters. The van der Waals surface area contributed by atoms with Crippen molar-refractivity contribution in [2.45, 2.75) is 44.2 Å². The molecule has 2 rings (SSSR count). The fourth-order valence-electron chi connectivity index (χ4n) is 2.65. The zero-order valence-corrected chi connectivity index (χ0v) is 8.52. The molecular weight excluding hydrogens is 176 g/mol. The molecule has 1 saturated heterocycles. The SMILES string of the molecule is N#CC(C1CCCCC1)N1CC(O)C1. The Morgan fingerprint density at radius 1 is 1.21 bits per heavy atom. The van der Waals surface area contributed by atoms with Crippen molar-refractivity contribution in [2.24, 2.45) is 5.92 Å². The maximum atomic E-state index is 9.21. The largest absolute Gasteiger partial charge is 0.390 e. The van der Waals surface area contributed by atoms with E-state index >= 15 is 0 Å². The van der Waals surface area contributed by atoms with Crippen LogP contribution in [-0.4, -0.2) is 35.2 Å². The van der Waals surface area contributed by atoms with E-state index in [0.717, 1.165) is 0 Å². The van der Waals surface area contributed by atoms with Crippen molar-refractivity contribution < 1.29 is 5.11 Å². The third kappa shape index (κ3) is 1.92. The smallest absolute Gasteiger partial charge is 0.101 e. The van der Waals surface area contributed by atoms with Crippen molar-refractivity contribution in [1.82, 2.24) is 4.90 Å². The van der Waals surface area contributed by atoms with Crippen molar-refractivity contribution in [3.8, 4) is 6.07 Å². The number of nitriles is 1. The second-order valence-electron chi connectivity index (χ2n) is 4.58. The van der Waals surface area contributed by atoms with Gasteiger partial charge in [0.05, 0.1) is 12.2 Å². The lowest BCUT2D eigenvalue weighted by Gasteiger charge is -2.42. The molecule has 0 amide bonds. The van der Waals surface area contributed by atoms with Crippen LogP contribution < -0.4 is 0 Å². The number of likely N-dealkylation sites (tertiary alicyclic amines) is 1. The Balaban J connectivity index is 1.89. The van der Waals surface area contributed by atoms with Crippen molar-refractivity contribution in [2.75, 3.05) is 13.1 Å². The molecule has 1 aliphatic heterocycles. The minimum Gasteiger partial charge on any atom is -0.390 e. The summed E-state index contributed by atoms with van der Waals surface area (Å²) < 4.78 is 0. The second kappa shape index (κ2) is 4.29. The molecule has 1 saturated carbocycles. The third-order valence-electron chi connectivity index (χ3n) is 3.51. The molecule has 3 heteroatoms. The van der Waals surface area contributed by atoms with Gasteiger partial charge in [0.15, 0.2) is 0 Å². The Bertz CT molecular complexity index is 224.